The monoisotopic (exact) mass is 330 g/mol. The zero-order chi connectivity index (χ0) is 17.7. The minimum Gasteiger partial charge on any atom is -0.443 e. The van der Waals surface area contributed by atoms with Gasteiger partial charge in [-0.25, -0.2) is 10.2 Å². The molecule has 1 heterocycles. The Morgan fingerprint density at radius 1 is 1.29 bits per heavy atom. The van der Waals surface area contributed by atoms with Crippen LogP contribution < -0.4 is 5.43 Å². The summed E-state index contributed by atoms with van der Waals surface area (Å²) < 4.78 is 6.85. The van der Waals surface area contributed by atoms with E-state index >= 15 is 0 Å². The Balaban J connectivity index is 2.09. The molecule has 0 atom stereocenters. The van der Waals surface area contributed by atoms with Gasteiger partial charge >= 0.3 is 6.09 Å². The molecule has 0 fully saturated rings. The molecule has 1 N–H and O–H groups in total. The van der Waals surface area contributed by atoms with Gasteiger partial charge in [0.05, 0.1) is 16.8 Å². The lowest BCUT2D eigenvalue weighted by atomic mass is 10.2. The maximum atomic E-state index is 11.5. The van der Waals surface area contributed by atoms with E-state index in [9.17, 15) is 14.9 Å². The molecule has 0 aliphatic carbocycles. The molecule has 0 bridgehead atoms. The summed E-state index contributed by atoms with van der Waals surface area (Å²) in [6.45, 7) is 5.28. The van der Waals surface area contributed by atoms with Gasteiger partial charge in [-0.15, -0.1) is 0 Å². The van der Waals surface area contributed by atoms with Crippen LogP contribution in [-0.2, 0) is 4.74 Å². The van der Waals surface area contributed by atoms with Crippen molar-refractivity contribution in [1.82, 2.24) is 9.99 Å². The zero-order valence-electron chi connectivity index (χ0n) is 13.6. The molecule has 1 amide bonds. The minimum absolute atomic E-state index is 0.0210. The molecule has 2 aromatic rings. The molecule has 8 heteroatoms. The number of carbonyl (C=O) groups excluding carboxylic acids is 1. The van der Waals surface area contributed by atoms with Crippen molar-refractivity contribution in [1.29, 1.82) is 0 Å². The average Bonchev–Trinajstić information content (AvgIpc) is 2.94. The van der Waals surface area contributed by atoms with Gasteiger partial charge in [0.25, 0.3) is 5.69 Å². The maximum Gasteiger partial charge on any atom is 0.428 e. The molecule has 1 aromatic carbocycles. The lowest BCUT2D eigenvalue weighted by Crippen LogP contribution is -2.29. The number of benzene rings is 1. The number of hydrogen-bond acceptors (Lipinski definition) is 5. The molecule has 2 rings (SSSR count). The van der Waals surface area contributed by atoms with Crippen molar-refractivity contribution in [2.75, 3.05) is 0 Å². The van der Waals surface area contributed by atoms with Crippen molar-refractivity contribution in [3.8, 4) is 5.69 Å². The third-order valence-electron chi connectivity index (χ3n) is 2.87. The first kappa shape index (κ1) is 17.2. The van der Waals surface area contributed by atoms with E-state index in [1.54, 1.807) is 55.8 Å². The number of hydrazone groups is 1. The summed E-state index contributed by atoms with van der Waals surface area (Å²) in [5.74, 6) is 0. The van der Waals surface area contributed by atoms with E-state index in [-0.39, 0.29) is 5.69 Å². The van der Waals surface area contributed by atoms with E-state index in [0.717, 1.165) is 5.69 Å². The van der Waals surface area contributed by atoms with Crippen LogP contribution in [-0.4, -0.2) is 27.4 Å². The van der Waals surface area contributed by atoms with Gasteiger partial charge in [0, 0.05) is 24.0 Å². The van der Waals surface area contributed by atoms with Gasteiger partial charge in [-0.3, -0.25) is 10.1 Å². The summed E-state index contributed by atoms with van der Waals surface area (Å²) in [7, 11) is 0. The first-order valence-electron chi connectivity index (χ1n) is 7.20. The van der Waals surface area contributed by atoms with Crippen LogP contribution in [0.2, 0.25) is 0 Å². The molecule has 0 saturated carbocycles. The Bertz CT molecular complexity index is 757. The fourth-order valence-electron chi connectivity index (χ4n) is 1.92. The quantitative estimate of drug-likeness (QED) is 0.528. The van der Waals surface area contributed by atoms with Crippen LogP contribution in [0.25, 0.3) is 5.69 Å². The Labute approximate surface area is 138 Å². The van der Waals surface area contributed by atoms with Crippen LogP contribution in [0.15, 0.2) is 47.7 Å². The fourth-order valence-corrected chi connectivity index (χ4v) is 1.92. The van der Waals surface area contributed by atoms with Crippen molar-refractivity contribution in [3.63, 3.8) is 0 Å². The van der Waals surface area contributed by atoms with Crippen molar-refractivity contribution in [2.45, 2.75) is 26.4 Å². The summed E-state index contributed by atoms with van der Waals surface area (Å²) in [4.78, 5) is 21.8. The van der Waals surface area contributed by atoms with Gasteiger partial charge in [-0.2, -0.15) is 5.10 Å². The first-order chi connectivity index (χ1) is 11.3. The number of hydrogen-bond donors (Lipinski definition) is 1. The molecule has 0 aliphatic rings. The first-order valence-corrected chi connectivity index (χ1v) is 7.20. The molecule has 0 radical (unpaired) electrons. The zero-order valence-corrected chi connectivity index (χ0v) is 13.6. The average molecular weight is 330 g/mol. The SMILES string of the molecule is CC(C)(C)OC(=O)N/N=C\c1cccn1-c1ccc([N+](=O)[O-])cc1. The van der Waals surface area contributed by atoms with Crippen LogP contribution in [0.3, 0.4) is 0 Å². The number of nitro groups is 1. The van der Waals surface area contributed by atoms with Gasteiger partial charge < -0.3 is 9.30 Å². The molecule has 126 valence electrons. The highest BCUT2D eigenvalue weighted by Gasteiger charge is 2.15. The molecular weight excluding hydrogens is 312 g/mol. The molecule has 0 saturated heterocycles. The van der Waals surface area contributed by atoms with Crippen molar-refractivity contribution >= 4 is 18.0 Å². The predicted octanol–water partition coefficient (Wildman–Crippen LogP) is 3.24. The second-order valence-electron chi connectivity index (χ2n) is 5.95. The van der Waals surface area contributed by atoms with E-state index in [1.807, 2.05) is 0 Å². The summed E-state index contributed by atoms with van der Waals surface area (Å²) in [5.41, 5.74) is 3.14. The van der Waals surface area contributed by atoms with Gasteiger partial charge in [-0.1, -0.05) is 0 Å². The highest BCUT2D eigenvalue weighted by Crippen LogP contribution is 2.16. The summed E-state index contributed by atoms with van der Waals surface area (Å²) in [5, 5.41) is 14.5. The standard InChI is InChI=1S/C16H18N4O4/c1-16(2,3)24-15(21)18-17-11-14-5-4-10-19(14)12-6-8-13(9-7-12)20(22)23/h4-11H,1-3H3,(H,18,21)/b17-11-. The molecule has 8 nitrogen and oxygen atoms in total. The summed E-state index contributed by atoms with van der Waals surface area (Å²) in [6.07, 6.45) is 2.61. The van der Waals surface area contributed by atoms with Crippen LogP contribution in [0.4, 0.5) is 10.5 Å². The van der Waals surface area contributed by atoms with Gasteiger partial charge in [0.2, 0.25) is 0 Å². The van der Waals surface area contributed by atoms with E-state index in [1.165, 1.54) is 18.3 Å². The number of aromatic nitrogens is 1. The van der Waals surface area contributed by atoms with Crippen molar-refractivity contribution in [2.24, 2.45) is 5.10 Å². The molecule has 0 unspecified atom stereocenters. The Kier molecular flexibility index (Phi) is 4.98. The highest BCUT2D eigenvalue weighted by molar-refractivity contribution is 5.80. The molecule has 24 heavy (non-hydrogen) atoms. The fraction of sp³-hybridized carbons (Fsp3) is 0.250. The van der Waals surface area contributed by atoms with E-state index < -0.39 is 16.6 Å². The third kappa shape index (κ3) is 4.67. The Morgan fingerprint density at radius 2 is 1.96 bits per heavy atom. The van der Waals surface area contributed by atoms with Gasteiger partial charge in [-0.05, 0) is 45.0 Å². The number of amides is 1. The number of non-ortho nitro benzene ring substituents is 1. The molecule has 1 aromatic heterocycles. The van der Waals surface area contributed by atoms with Crippen LogP contribution in [0.1, 0.15) is 26.5 Å². The topological polar surface area (TPSA) is 98.8 Å². The van der Waals surface area contributed by atoms with E-state index in [0.29, 0.717) is 5.69 Å². The second kappa shape index (κ2) is 6.95. The van der Waals surface area contributed by atoms with E-state index in [2.05, 4.69) is 10.5 Å². The van der Waals surface area contributed by atoms with Gasteiger partial charge in [0.15, 0.2) is 0 Å². The Morgan fingerprint density at radius 3 is 2.54 bits per heavy atom. The lowest BCUT2D eigenvalue weighted by molar-refractivity contribution is -0.384. The van der Waals surface area contributed by atoms with Crippen molar-refractivity contribution in [3.05, 3.63) is 58.4 Å². The number of ether oxygens (including phenoxy) is 1. The number of rotatable bonds is 4. The summed E-state index contributed by atoms with van der Waals surface area (Å²) in [6, 6.07) is 9.72. The highest BCUT2D eigenvalue weighted by atomic mass is 16.6. The molecule has 0 aliphatic heterocycles. The third-order valence-corrected chi connectivity index (χ3v) is 2.87. The van der Waals surface area contributed by atoms with Crippen molar-refractivity contribution < 1.29 is 14.5 Å². The van der Waals surface area contributed by atoms with Crippen LogP contribution >= 0.6 is 0 Å². The minimum atomic E-state index is -0.646. The largest absolute Gasteiger partial charge is 0.443 e. The van der Waals surface area contributed by atoms with Crippen LogP contribution in [0.5, 0.6) is 0 Å². The molecular formula is C16H18N4O4. The molecule has 0 spiro atoms. The number of nitro benzene ring substituents is 1. The predicted molar refractivity (Wildman–Crippen MR) is 89.4 cm³/mol. The Hall–Kier alpha value is -3.16. The normalized spacial score (nSPS) is 11.5. The van der Waals surface area contributed by atoms with Crippen LogP contribution in [0, 0.1) is 10.1 Å². The number of nitrogens with zero attached hydrogens (tertiary/aromatic N) is 3. The number of carbonyl (C=O) groups is 1. The van der Waals surface area contributed by atoms with Gasteiger partial charge in [0.1, 0.15) is 5.60 Å². The maximum absolute atomic E-state index is 11.5. The van der Waals surface area contributed by atoms with E-state index in [4.69, 9.17) is 4.74 Å². The smallest absolute Gasteiger partial charge is 0.428 e. The second-order valence-corrected chi connectivity index (χ2v) is 5.95. The number of nitrogens with one attached hydrogen (secondary N) is 1. The lowest BCUT2D eigenvalue weighted by Gasteiger charge is -2.18. The summed E-state index contributed by atoms with van der Waals surface area (Å²) >= 11 is 0.